The molecule has 7 heteroatoms. The Hall–Kier alpha value is -3.09. The van der Waals surface area contributed by atoms with Crippen molar-refractivity contribution in [2.24, 2.45) is 0 Å². The molecule has 1 aliphatic heterocycles. The minimum absolute atomic E-state index is 0.114. The first-order valence-corrected chi connectivity index (χ1v) is 8.42. The van der Waals surface area contributed by atoms with E-state index in [4.69, 9.17) is 4.74 Å². The fourth-order valence-corrected chi connectivity index (χ4v) is 2.87. The average molecular weight is 357 g/mol. The van der Waals surface area contributed by atoms with Crippen molar-refractivity contribution in [3.8, 4) is 5.75 Å². The summed E-state index contributed by atoms with van der Waals surface area (Å²) >= 11 is 0. The minimum atomic E-state index is -0.407. The molecule has 1 atom stereocenters. The van der Waals surface area contributed by atoms with E-state index in [0.29, 0.717) is 30.3 Å². The maximum absolute atomic E-state index is 13.0. The van der Waals surface area contributed by atoms with E-state index in [1.165, 1.54) is 12.1 Å². The minimum Gasteiger partial charge on any atom is -0.492 e. The number of urea groups is 1. The van der Waals surface area contributed by atoms with Crippen LogP contribution in [0.1, 0.15) is 13.3 Å². The molecule has 0 radical (unpaired) electrons. The van der Waals surface area contributed by atoms with Gasteiger partial charge in [0.15, 0.2) is 0 Å². The van der Waals surface area contributed by atoms with Crippen molar-refractivity contribution in [1.82, 2.24) is 5.32 Å². The van der Waals surface area contributed by atoms with E-state index in [1.54, 1.807) is 35.2 Å². The Morgan fingerprint density at radius 3 is 2.69 bits per heavy atom. The summed E-state index contributed by atoms with van der Waals surface area (Å²) in [6.07, 6.45) is 0.192. The molecule has 1 aliphatic rings. The van der Waals surface area contributed by atoms with Gasteiger partial charge in [0.25, 0.3) is 0 Å². The molecule has 6 nitrogen and oxygen atoms in total. The summed E-state index contributed by atoms with van der Waals surface area (Å²) in [6, 6.07) is 12.1. The number of carbonyl (C=O) groups is 2. The van der Waals surface area contributed by atoms with Crippen LogP contribution in [0, 0.1) is 5.82 Å². The smallest absolute Gasteiger partial charge is 0.319 e. The number of carbonyl (C=O) groups excluding carboxylic acids is 2. The number of para-hydroxylation sites is 2. The van der Waals surface area contributed by atoms with Gasteiger partial charge in [0.2, 0.25) is 5.91 Å². The number of halogens is 1. The second kappa shape index (κ2) is 7.86. The van der Waals surface area contributed by atoms with Gasteiger partial charge in [0, 0.05) is 18.7 Å². The van der Waals surface area contributed by atoms with Crippen LogP contribution < -0.4 is 20.3 Å². The molecule has 3 rings (SSSR count). The van der Waals surface area contributed by atoms with Gasteiger partial charge in [0.1, 0.15) is 11.6 Å². The van der Waals surface area contributed by atoms with Gasteiger partial charge >= 0.3 is 6.03 Å². The molecule has 0 spiro atoms. The zero-order chi connectivity index (χ0) is 18.5. The van der Waals surface area contributed by atoms with E-state index in [0.717, 1.165) is 0 Å². The standard InChI is InChI=1S/C19H20FN3O3/c1-2-26-17-6-4-3-5-16(17)22-19(25)21-14-11-18(24)23(12-14)15-9-7-13(20)8-10-15/h3-10,14H,2,11-12H2,1H3,(H2,21,22,25)/t14-/m1/s1. The fourth-order valence-electron chi connectivity index (χ4n) is 2.87. The molecule has 0 aromatic heterocycles. The third-order valence-corrected chi connectivity index (χ3v) is 4.03. The van der Waals surface area contributed by atoms with Crippen LogP contribution in [0.25, 0.3) is 0 Å². The van der Waals surface area contributed by atoms with Crippen LogP contribution >= 0.6 is 0 Å². The van der Waals surface area contributed by atoms with Gasteiger partial charge < -0.3 is 20.3 Å². The Bertz CT molecular complexity index is 795. The lowest BCUT2D eigenvalue weighted by atomic mass is 10.2. The topological polar surface area (TPSA) is 70.7 Å². The molecule has 0 aliphatic carbocycles. The third-order valence-electron chi connectivity index (χ3n) is 4.03. The highest BCUT2D eigenvalue weighted by Crippen LogP contribution is 2.24. The summed E-state index contributed by atoms with van der Waals surface area (Å²) in [5, 5.41) is 5.54. The van der Waals surface area contributed by atoms with E-state index < -0.39 is 6.03 Å². The third kappa shape index (κ3) is 4.11. The lowest BCUT2D eigenvalue weighted by Crippen LogP contribution is -2.39. The van der Waals surface area contributed by atoms with Crippen LogP contribution in [-0.2, 0) is 4.79 Å². The van der Waals surface area contributed by atoms with Gasteiger partial charge in [-0.1, -0.05) is 12.1 Å². The second-order valence-electron chi connectivity index (χ2n) is 5.91. The summed E-state index contributed by atoms with van der Waals surface area (Å²) in [5.74, 6) is 0.111. The number of ether oxygens (including phenoxy) is 1. The first kappa shape index (κ1) is 17.7. The Morgan fingerprint density at radius 2 is 1.96 bits per heavy atom. The highest BCUT2D eigenvalue weighted by molar-refractivity contribution is 5.97. The molecule has 136 valence electrons. The monoisotopic (exact) mass is 357 g/mol. The zero-order valence-corrected chi connectivity index (χ0v) is 14.4. The Kier molecular flexibility index (Phi) is 5.36. The van der Waals surface area contributed by atoms with E-state index in [2.05, 4.69) is 10.6 Å². The summed E-state index contributed by atoms with van der Waals surface area (Å²) in [5.41, 5.74) is 1.18. The molecule has 0 bridgehead atoms. The molecule has 2 aromatic carbocycles. The van der Waals surface area contributed by atoms with Gasteiger partial charge in [-0.25, -0.2) is 9.18 Å². The summed E-state index contributed by atoms with van der Waals surface area (Å²) in [7, 11) is 0. The van der Waals surface area contributed by atoms with Gasteiger partial charge in [-0.2, -0.15) is 0 Å². The largest absolute Gasteiger partial charge is 0.492 e. The second-order valence-corrected chi connectivity index (χ2v) is 5.91. The summed E-state index contributed by atoms with van der Waals surface area (Å²) in [6.45, 7) is 2.69. The lowest BCUT2D eigenvalue weighted by molar-refractivity contribution is -0.117. The van der Waals surface area contributed by atoms with Crippen molar-refractivity contribution in [3.05, 3.63) is 54.3 Å². The van der Waals surface area contributed by atoms with Crippen molar-refractivity contribution in [2.45, 2.75) is 19.4 Å². The SMILES string of the molecule is CCOc1ccccc1NC(=O)N[C@@H]1CC(=O)N(c2ccc(F)cc2)C1. The number of hydrogen-bond acceptors (Lipinski definition) is 3. The maximum atomic E-state index is 13.0. The van der Waals surface area contributed by atoms with Crippen LogP contribution in [0.5, 0.6) is 5.75 Å². The first-order chi connectivity index (χ1) is 12.6. The fraction of sp³-hybridized carbons (Fsp3) is 0.263. The molecule has 1 saturated heterocycles. The Balaban J connectivity index is 1.60. The predicted octanol–water partition coefficient (Wildman–Crippen LogP) is 3.15. The van der Waals surface area contributed by atoms with Gasteiger partial charge in [-0.15, -0.1) is 0 Å². The number of rotatable bonds is 5. The zero-order valence-electron chi connectivity index (χ0n) is 14.4. The molecule has 3 amide bonds. The van der Waals surface area contributed by atoms with Gasteiger partial charge in [-0.3, -0.25) is 4.79 Å². The number of benzene rings is 2. The molecular formula is C19H20FN3O3. The van der Waals surface area contributed by atoms with Crippen molar-refractivity contribution < 1.29 is 18.7 Å². The van der Waals surface area contributed by atoms with Crippen molar-refractivity contribution >= 4 is 23.3 Å². The van der Waals surface area contributed by atoms with Crippen molar-refractivity contribution in [1.29, 1.82) is 0 Å². The van der Waals surface area contributed by atoms with Crippen LogP contribution in [0.15, 0.2) is 48.5 Å². The summed E-state index contributed by atoms with van der Waals surface area (Å²) < 4.78 is 18.5. The van der Waals surface area contributed by atoms with E-state index in [1.807, 2.05) is 13.0 Å². The number of hydrogen-bond donors (Lipinski definition) is 2. The lowest BCUT2D eigenvalue weighted by Gasteiger charge is -2.18. The number of nitrogens with one attached hydrogen (secondary N) is 2. The van der Waals surface area contributed by atoms with E-state index >= 15 is 0 Å². The molecular weight excluding hydrogens is 337 g/mol. The first-order valence-electron chi connectivity index (χ1n) is 8.42. The van der Waals surface area contributed by atoms with E-state index in [9.17, 15) is 14.0 Å². The maximum Gasteiger partial charge on any atom is 0.319 e. The Labute approximate surface area is 150 Å². The molecule has 1 fully saturated rings. The normalized spacial score (nSPS) is 16.5. The van der Waals surface area contributed by atoms with Crippen LogP contribution in [-0.4, -0.2) is 31.1 Å². The molecule has 2 aromatic rings. The van der Waals surface area contributed by atoms with Gasteiger partial charge in [0.05, 0.1) is 18.3 Å². The quantitative estimate of drug-likeness (QED) is 0.864. The molecule has 2 N–H and O–H groups in total. The van der Waals surface area contributed by atoms with Crippen molar-refractivity contribution in [2.75, 3.05) is 23.4 Å². The molecule has 1 heterocycles. The molecule has 0 unspecified atom stereocenters. The number of anilines is 2. The van der Waals surface area contributed by atoms with Crippen LogP contribution in [0.4, 0.5) is 20.6 Å². The Morgan fingerprint density at radius 1 is 1.23 bits per heavy atom. The molecule has 0 saturated carbocycles. The molecule has 26 heavy (non-hydrogen) atoms. The predicted molar refractivity (Wildman–Crippen MR) is 96.9 cm³/mol. The highest BCUT2D eigenvalue weighted by atomic mass is 19.1. The number of nitrogens with zero attached hydrogens (tertiary/aromatic N) is 1. The highest BCUT2D eigenvalue weighted by Gasteiger charge is 2.31. The average Bonchev–Trinajstić information content (AvgIpc) is 2.97. The van der Waals surface area contributed by atoms with Crippen LogP contribution in [0.2, 0.25) is 0 Å². The van der Waals surface area contributed by atoms with Crippen molar-refractivity contribution in [3.63, 3.8) is 0 Å². The van der Waals surface area contributed by atoms with Gasteiger partial charge in [-0.05, 0) is 43.3 Å². The number of amides is 3. The summed E-state index contributed by atoms with van der Waals surface area (Å²) in [4.78, 5) is 26.0. The van der Waals surface area contributed by atoms with E-state index in [-0.39, 0.29) is 24.2 Å². The van der Waals surface area contributed by atoms with Crippen LogP contribution in [0.3, 0.4) is 0 Å².